The van der Waals surface area contributed by atoms with Crippen molar-refractivity contribution in [3.63, 3.8) is 0 Å². The Morgan fingerprint density at radius 3 is 2.59 bits per heavy atom. The molecule has 140 valence electrons. The maximum absolute atomic E-state index is 12.3. The molecule has 0 saturated carbocycles. The number of rotatable bonds is 6. The van der Waals surface area contributed by atoms with Crippen LogP contribution in [0.25, 0.3) is 10.6 Å². The zero-order chi connectivity index (χ0) is 19.4. The molecule has 8 nitrogen and oxygen atoms in total. The minimum atomic E-state index is -0.601. The van der Waals surface area contributed by atoms with Crippen LogP contribution in [0.1, 0.15) is 21.1 Å². The Bertz CT molecular complexity index is 962. The first-order chi connectivity index (χ1) is 13.0. The predicted molar refractivity (Wildman–Crippen MR) is 99.0 cm³/mol. The summed E-state index contributed by atoms with van der Waals surface area (Å²) in [5, 5.41) is 6.81. The van der Waals surface area contributed by atoms with Crippen LogP contribution in [0, 0.1) is 13.8 Å². The van der Waals surface area contributed by atoms with E-state index in [1.807, 2.05) is 24.3 Å². The SMILES string of the molecule is COc1ccc(-c2nc(C)c(C(=O)OCC(=O)Nc3cc(C)on3)s2)cc1. The molecule has 1 amide bonds. The number of anilines is 1. The highest BCUT2D eigenvalue weighted by Gasteiger charge is 2.19. The molecule has 0 radical (unpaired) electrons. The van der Waals surface area contributed by atoms with Gasteiger partial charge in [0.05, 0.1) is 12.8 Å². The number of esters is 1. The van der Waals surface area contributed by atoms with Crippen LogP contribution < -0.4 is 10.1 Å². The van der Waals surface area contributed by atoms with Crippen LogP contribution in [-0.2, 0) is 9.53 Å². The van der Waals surface area contributed by atoms with Crippen molar-refractivity contribution in [2.45, 2.75) is 13.8 Å². The Morgan fingerprint density at radius 1 is 1.22 bits per heavy atom. The molecule has 3 rings (SSSR count). The van der Waals surface area contributed by atoms with E-state index in [0.29, 0.717) is 21.3 Å². The number of nitrogens with zero attached hydrogens (tertiary/aromatic N) is 2. The van der Waals surface area contributed by atoms with Crippen LogP contribution in [0.3, 0.4) is 0 Å². The molecule has 27 heavy (non-hydrogen) atoms. The van der Waals surface area contributed by atoms with Crippen molar-refractivity contribution in [3.8, 4) is 16.3 Å². The molecule has 0 spiro atoms. The quantitative estimate of drug-likeness (QED) is 0.648. The van der Waals surface area contributed by atoms with Gasteiger partial charge in [-0.05, 0) is 38.1 Å². The van der Waals surface area contributed by atoms with Crippen LogP contribution in [-0.4, -0.2) is 35.7 Å². The molecule has 1 N–H and O–H groups in total. The molecule has 2 aromatic heterocycles. The number of aromatic nitrogens is 2. The van der Waals surface area contributed by atoms with Crippen LogP contribution in [0.5, 0.6) is 5.75 Å². The highest BCUT2D eigenvalue weighted by atomic mass is 32.1. The molecule has 0 aliphatic rings. The summed E-state index contributed by atoms with van der Waals surface area (Å²) in [5.41, 5.74) is 1.41. The maximum Gasteiger partial charge on any atom is 0.350 e. The van der Waals surface area contributed by atoms with Gasteiger partial charge in [-0.2, -0.15) is 0 Å². The second-order valence-electron chi connectivity index (χ2n) is 5.61. The maximum atomic E-state index is 12.3. The molecule has 0 unspecified atom stereocenters. The van der Waals surface area contributed by atoms with Crippen molar-refractivity contribution in [3.05, 3.63) is 46.7 Å². The lowest BCUT2D eigenvalue weighted by molar-refractivity contribution is -0.119. The third-order valence-electron chi connectivity index (χ3n) is 3.55. The van der Waals surface area contributed by atoms with E-state index in [2.05, 4.69) is 15.5 Å². The first kappa shape index (κ1) is 18.6. The summed E-state index contributed by atoms with van der Waals surface area (Å²) in [6, 6.07) is 8.92. The molecular formula is C18H17N3O5S. The van der Waals surface area contributed by atoms with E-state index < -0.39 is 18.5 Å². The number of thiazole rings is 1. The van der Waals surface area contributed by atoms with E-state index in [1.54, 1.807) is 27.0 Å². The first-order valence-electron chi connectivity index (χ1n) is 7.98. The number of ether oxygens (including phenoxy) is 2. The summed E-state index contributed by atoms with van der Waals surface area (Å²) in [6.45, 7) is 2.99. The third kappa shape index (κ3) is 4.50. The number of amides is 1. The van der Waals surface area contributed by atoms with Gasteiger partial charge >= 0.3 is 5.97 Å². The zero-order valence-electron chi connectivity index (χ0n) is 14.9. The van der Waals surface area contributed by atoms with E-state index in [9.17, 15) is 9.59 Å². The average Bonchev–Trinajstić information content (AvgIpc) is 3.25. The van der Waals surface area contributed by atoms with Crippen molar-refractivity contribution >= 4 is 29.0 Å². The largest absolute Gasteiger partial charge is 0.497 e. The van der Waals surface area contributed by atoms with Gasteiger partial charge in [-0.3, -0.25) is 4.79 Å². The Kier molecular flexibility index (Phi) is 5.51. The van der Waals surface area contributed by atoms with Gasteiger partial charge < -0.3 is 19.3 Å². The second-order valence-corrected chi connectivity index (χ2v) is 6.61. The topological polar surface area (TPSA) is 104 Å². The van der Waals surface area contributed by atoms with Crippen molar-refractivity contribution < 1.29 is 23.6 Å². The number of carbonyl (C=O) groups is 2. The number of aryl methyl sites for hydroxylation is 2. The monoisotopic (exact) mass is 387 g/mol. The summed E-state index contributed by atoms with van der Waals surface area (Å²) in [7, 11) is 1.59. The molecule has 2 heterocycles. The van der Waals surface area contributed by atoms with Gasteiger partial charge in [-0.25, -0.2) is 9.78 Å². The summed E-state index contributed by atoms with van der Waals surface area (Å²) in [5.74, 6) is 0.461. The minimum Gasteiger partial charge on any atom is -0.497 e. The summed E-state index contributed by atoms with van der Waals surface area (Å²) < 4.78 is 15.1. The fraction of sp³-hybridized carbons (Fsp3) is 0.222. The molecule has 3 aromatic rings. The second kappa shape index (κ2) is 8.00. The highest BCUT2D eigenvalue weighted by molar-refractivity contribution is 7.17. The van der Waals surface area contributed by atoms with Gasteiger partial charge in [0.1, 0.15) is 21.4 Å². The number of hydrogen-bond donors (Lipinski definition) is 1. The lowest BCUT2D eigenvalue weighted by Gasteiger charge is -2.03. The first-order valence-corrected chi connectivity index (χ1v) is 8.80. The molecule has 0 aliphatic carbocycles. The van der Waals surface area contributed by atoms with Crippen LogP contribution in [0.15, 0.2) is 34.9 Å². The van der Waals surface area contributed by atoms with Crippen LogP contribution in [0.4, 0.5) is 5.82 Å². The lowest BCUT2D eigenvalue weighted by Crippen LogP contribution is -2.21. The third-order valence-corrected chi connectivity index (χ3v) is 4.74. The Labute approximate surface area is 159 Å². The molecule has 0 atom stereocenters. The van der Waals surface area contributed by atoms with Crippen molar-refractivity contribution in [2.75, 3.05) is 19.0 Å². The van der Waals surface area contributed by atoms with Gasteiger partial charge in [0.15, 0.2) is 12.4 Å². The number of carbonyl (C=O) groups excluding carboxylic acids is 2. The Morgan fingerprint density at radius 2 is 1.96 bits per heavy atom. The Hall–Kier alpha value is -3.20. The molecule has 0 bridgehead atoms. The molecule has 1 aromatic carbocycles. The van der Waals surface area contributed by atoms with Gasteiger partial charge in [-0.1, -0.05) is 5.16 Å². The summed E-state index contributed by atoms with van der Waals surface area (Å²) in [4.78, 5) is 28.9. The van der Waals surface area contributed by atoms with E-state index in [4.69, 9.17) is 14.0 Å². The zero-order valence-corrected chi connectivity index (χ0v) is 15.8. The van der Waals surface area contributed by atoms with Crippen LogP contribution >= 0.6 is 11.3 Å². The fourth-order valence-electron chi connectivity index (χ4n) is 2.24. The van der Waals surface area contributed by atoms with Gasteiger partial charge in [0.2, 0.25) is 0 Å². The van der Waals surface area contributed by atoms with Crippen molar-refractivity contribution in [2.24, 2.45) is 0 Å². The number of methoxy groups -OCH3 is 1. The van der Waals surface area contributed by atoms with Crippen LogP contribution in [0.2, 0.25) is 0 Å². The standard InChI is InChI=1S/C18H17N3O5S/c1-10-8-14(21-26-10)20-15(22)9-25-18(23)16-11(2)19-17(27-16)12-4-6-13(24-3)7-5-12/h4-8H,9H2,1-3H3,(H,20,21,22). The summed E-state index contributed by atoms with van der Waals surface area (Å²) >= 11 is 1.21. The smallest absolute Gasteiger partial charge is 0.350 e. The van der Waals surface area contributed by atoms with E-state index >= 15 is 0 Å². The molecule has 0 fully saturated rings. The number of nitrogens with one attached hydrogen (secondary N) is 1. The normalized spacial score (nSPS) is 10.5. The lowest BCUT2D eigenvalue weighted by atomic mass is 10.2. The number of hydrogen-bond acceptors (Lipinski definition) is 8. The van der Waals surface area contributed by atoms with E-state index in [0.717, 1.165) is 11.3 Å². The predicted octanol–water partition coefficient (Wildman–Crippen LogP) is 3.22. The Balaban J connectivity index is 1.62. The summed E-state index contributed by atoms with van der Waals surface area (Å²) in [6.07, 6.45) is 0. The number of benzene rings is 1. The van der Waals surface area contributed by atoms with E-state index in [1.165, 1.54) is 11.3 Å². The van der Waals surface area contributed by atoms with Gasteiger partial charge in [0.25, 0.3) is 5.91 Å². The van der Waals surface area contributed by atoms with Crippen molar-refractivity contribution in [1.82, 2.24) is 10.1 Å². The average molecular weight is 387 g/mol. The van der Waals surface area contributed by atoms with Crippen molar-refractivity contribution in [1.29, 1.82) is 0 Å². The van der Waals surface area contributed by atoms with Gasteiger partial charge in [-0.15, -0.1) is 11.3 Å². The molecule has 0 saturated heterocycles. The molecule has 0 aliphatic heterocycles. The fourth-order valence-corrected chi connectivity index (χ4v) is 3.21. The molecule has 9 heteroatoms. The van der Waals surface area contributed by atoms with E-state index in [-0.39, 0.29) is 5.82 Å². The minimum absolute atomic E-state index is 0.268. The van der Waals surface area contributed by atoms with Gasteiger partial charge in [0, 0.05) is 11.6 Å². The highest BCUT2D eigenvalue weighted by Crippen LogP contribution is 2.29. The molecular weight excluding hydrogens is 370 g/mol.